The molecule has 2 rings (SSSR count). The summed E-state index contributed by atoms with van der Waals surface area (Å²) in [4.78, 5) is 28.8. The van der Waals surface area contributed by atoms with Gasteiger partial charge in [0.2, 0.25) is 5.91 Å². The van der Waals surface area contributed by atoms with Crippen LogP contribution in [0.2, 0.25) is 0 Å². The third-order valence-electron chi connectivity index (χ3n) is 2.52. The Morgan fingerprint density at radius 2 is 2.41 bits per heavy atom. The van der Waals surface area contributed by atoms with Gasteiger partial charge >= 0.3 is 5.97 Å². The summed E-state index contributed by atoms with van der Waals surface area (Å²) in [5, 5.41) is 0. The van der Waals surface area contributed by atoms with Gasteiger partial charge < -0.3 is 4.74 Å². The van der Waals surface area contributed by atoms with Crippen LogP contribution in [-0.2, 0) is 9.53 Å². The van der Waals surface area contributed by atoms with Gasteiger partial charge in [0.05, 0.1) is 12.7 Å². The average Bonchev–Trinajstić information content (AvgIpc) is 2.67. The van der Waals surface area contributed by atoms with Gasteiger partial charge in [0, 0.05) is 24.0 Å². The molecule has 2 heterocycles. The van der Waals surface area contributed by atoms with Gasteiger partial charge in [-0.1, -0.05) is 15.9 Å². The summed E-state index contributed by atoms with van der Waals surface area (Å²) in [6.07, 6.45) is 1.94. The minimum atomic E-state index is -0.435. The molecule has 6 heteroatoms. The molecule has 1 fully saturated rings. The van der Waals surface area contributed by atoms with E-state index in [1.165, 1.54) is 13.3 Å². The van der Waals surface area contributed by atoms with Gasteiger partial charge in [0.15, 0.2) is 0 Å². The Balaban J connectivity index is 2.27. The third-order valence-corrected chi connectivity index (χ3v) is 3.13. The van der Waals surface area contributed by atoms with E-state index in [1.807, 2.05) is 0 Å². The van der Waals surface area contributed by atoms with Crippen molar-refractivity contribution in [3.63, 3.8) is 0 Å². The van der Waals surface area contributed by atoms with E-state index in [-0.39, 0.29) is 10.7 Å². The van der Waals surface area contributed by atoms with Crippen LogP contribution in [0.25, 0.3) is 0 Å². The number of ether oxygens (including phenoxy) is 1. The Hall–Kier alpha value is -1.43. The molecule has 1 amide bonds. The molecule has 5 nitrogen and oxygen atoms in total. The fourth-order valence-corrected chi connectivity index (χ4v) is 2.26. The minimum Gasteiger partial charge on any atom is -0.465 e. The zero-order valence-electron chi connectivity index (χ0n) is 9.22. The van der Waals surface area contributed by atoms with Gasteiger partial charge in [-0.15, -0.1) is 0 Å². The lowest BCUT2D eigenvalue weighted by atomic mass is 10.2. The van der Waals surface area contributed by atoms with E-state index >= 15 is 0 Å². The number of hydrogen-bond donors (Lipinski definition) is 0. The number of methoxy groups -OCH3 is 1. The van der Waals surface area contributed by atoms with Gasteiger partial charge in [-0.05, 0) is 12.1 Å². The highest BCUT2D eigenvalue weighted by Gasteiger charge is 2.29. The lowest BCUT2D eigenvalue weighted by Gasteiger charge is -2.14. The topological polar surface area (TPSA) is 59.5 Å². The highest BCUT2D eigenvalue weighted by molar-refractivity contribution is 9.09. The quantitative estimate of drug-likeness (QED) is 0.611. The summed E-state index contributed by atoms with van der Waals surface area (Å²) >= 11 is 3.40. The van der Waals surface area contributed by atoms with E-state index in [9.17, 15) is 9.59 Å². The normalized spacial score (nSPS) is 19.5. The number of alkyl halides is 1. The summed E-state index contributed by atoms with van der Waals surface area (Å²) < 4.78 is 4.62. The molecule has 0 aliphatic carbocycles. The molecule has 0 radical (unpaired) electrons. The number of carbonyl (C=O) groups is 2. The van der Waals surface area contributed by atoms with Crippen LogP contribution in [0, 0.1) is 0 Å². The maximum atomic E-state index is 11.7. The van der Waals surface area contributed by atoms with Gasteiger partial charge in [0.1, 0.15) is 5.82 Å². The second-order valence-electron chi connectivity index (χ2n) is 3.70. The SMILES string of the molecule is COC(=O)c1ccnc(N2CC(Br)CC2=O)c1. The molecule has 1 aliphatic heterocycles. The molecule has 90 valence electrons. The lowest BCUT2D eigenvalue weighted by Crippen LogP contribution is -2.25. The average molecular weight is 299 g/mol. The van der Waals surface area contributed by atoms with Crippen molar-refractivity contribution >= 4 is 33.6 Å². The largest absolute Gasteiger partial charge is 0.465 e. The molecule has 0 bridgehead atoms. The Labute approximate surface area is 107 Å². The van der Waals surface area contributed by atoms with Crippen LogP contribution in [0.1, 0.15) is 16.8 Å². The van der Waals surface area contributed by atoms with Crippen LogP contribution in [0.4, 0.5) is 5.82 Å². The Morgan fingerprint density at radius 3 is 3.00 bits per heavy atom. The maximum Gasteiger partial charge on any atom is 0.338 e. The van der Waals surface area contributed by atoms with Crippen molar-refractivity contribution in [2.24, 2.45) is 0 Å². The number of rotatable bonds is 2. The first-order valence-electron chi connectivity index (χ1n) is 5.10. The second kappa shape index (κ2) is 4.83. The van der Waals surface area contributed by atoms with E-state index in [0.717, 1.165) is 0 Å². The number of carbonyl (C=O) groups excluding carboxylic acids is 2. The highest BCUT2D eigenvalue weighted by Crippen LogP contribution is 2.24. The van der Waals surface area contributed by atoms with Crippen molar-refractivity contribution in [3.05, 3.63) is 23.9 Å². The smallest absolute Gasteiger partial charge is 0.338 e. The van der Waals surface area contributed by atoms with Gasteiger partial charge in [-0.2, -0.15) is 0 Å². The van der Waals surface area contributed by atoms with Crippen molar-refractivity contribution in [3.8, 4) is 0 Å². The van der Waals surface area contributed by atoms with Crippen molar-refractivity contribution in [1.82, 2.24) is 4.98 Å². The van der Waals surface area contributed by atoms with E-state index in [4.69, 9.17) is 0 Å². The van der Waals surface area contributed by atoms with Crippen LogP contribution >= 0.6 is 15.9 Å². The fraction of sp³-hybridized carbons (Fsp3) is 0.364. The first-order valence-corrected chi connectivity index (χ1v) is 6.02. The Bertz CT molecular complexity index is 464. The number of nitrogens with zero attached hydrogens (tertiary/aromatic N) is 2. The number of hydrogen-bond acceptors (Lipinski definition) is 4. The number of amides is 1. The monoisotopic (exact) mass is 298 g/mol. The molecule has 1 saturated heterocycles. The van der Waals surface area contributed by atoms with Crippen molar-refractivity contribution in [1.29, 1.82) is 0 Å². The van der Waals surface area contributed by atoms with Crippen LogP contribution in [0.15, 0.2) is 18.3 Å². The van der Waals surface area contributed by atoms with Gasteiger partial charge in [-0.25, -0.2) is 9.78 Å². The van der Waals surface area contributed by atoms with Crippen molar-refractivity contribution < 1.29 is 14.3 Å². The molecule has 0 N–H and O–H groups in total. The fourth-order valence-electron chi connectivity index (χ4n) is 1.70. The molecule has 1 aromatic heterocycles. The number of halogens is 1. The molecule has 0 aromatic carbocycles. The number of anilines is 1. The summed E-state index contributed by atoms with van der Waals surface area (Å²) in [6, 6.07) is 3.12. The predicted molar refractivity (Wildman–Crippen MR) is 65.3 cm³/mol. The molecular formula is C11H11BrN2O3. The lowest BCUT2D eigenvalue weighted by molar-refractivity contribution is -0.117. The van der Waals surface area contributed by atoms with Gasteiger partial charge in [-0.3, -0.25) is 9.69 Å². The molecule has 0 spiro atoms. The summed E-state index contributed by atoms with van der Waals surface area (Å²) in [7, 11) is 1.32. The third kappa shape index (κ3) is 2.46. The minimum absolute atomic E-state index is 0.00129. The van der Waals surface area contributed by atoms with E-state index in [2.05, 4.69) is 25.7 Å². The van der Waals surface area contributed by atoms with Gasteiger partial charge in [0.25, 0.3) is 0 Å². The summed E-state index contributed by atoms with van der Waals surface area (Å²) in [5.41, 5.74) is 0.392. The molecule has 1 aromatic rings. The summed E-state index contributed by atoms with van der Waals surface area (Å²) in [6.45, 7) is 0.566. The van der Waals surface area contributed by atoms with E-state index < -0.39 is 5.97 Å². The zero-order chi connectivity index (χ0) is 12.4. The molecule has 1 unspecified atom stereocenters. The summed E-state index contributed by atoms with van der Waals surface area (Å²) in [5.74, 6) is 0.0527. The zero-order valence-corrected chi connectivity index (χ0v) is 10.8. The molecular weight excluding hydrogens is 288 g/mol. The number of aromatic nitrogens is 1. The van der Waals surface area contributed by atoms with Crippen LogP contribution in [0.3, 0.4) is 0 Å². The predicted octanol–water partition coefficient (Wildman–Crippen LogP) is 1.37. The number of pyridine rings is 1. The maximum absolute atomic E-state index is 11.7. The Morgan fingerprint density at radius 1 is 1.65 bits per heavy atom. The molecule has 1 atom stereocenters. The molecule has 17 heavy (non-hydrogen) atoms. The second-order valence-corrected chi connectivity index (χ2v) is 5.00. The van der Waals surface area contributed by atoms with Crippen LogP contribution < -0.4 is 4.90 Å². The first-order chi connectivity index (χ1) is 8.11. The Kier molecular flexibility index (Phi) is 3.42. The van der Waals surface area contributed by atoms with Crippen molar-refractivity contribution in [2.45, 2.75) is 11.2 Å². The first kappa shape index (κ1) is 12.0. The van der Waals surface area contributed by atoms with E-state index in [0.29, 0.717) is 24.3 Å². The standard InChI is InChI=1S/C11H11BrN2O3/c1-17-11(16)7-2-3-13-9(4-7)14-6-8(12)5-10(14)15/h2-4,8H,5-6H2,1H3. The highest BCUT2D eigenvalue weighted by atomic mass is 79.9. The van der Waals surface area contributed by atoms with Crippen LogP contribution in [0.5, 0.6) is 0 Å². The van der Waals surface area contributed by atoms with Crippen molar-refractivity contribution in [2.75, 3.05) is 18.6 Å². The molecule has 1 aliphatic rings. The molecule has 0 saturated carbocycles. The number of esters is 1. The van der Waals surface area contributed by atoms with E-state index in [1.54, 1.807) is 17.0 Å². The van der Waals surface area contributed by atoms with Crippen LogP contribution in [-0.4, -0.2) is 35.3 Å².